The van der Waals surface area contributed by atoms with E-state index in [4.69, 9.17) is 9.47 Å². The van der Waals surface area contributed by atoms with E-state index in [0.29, 0.717) is 38.6 Å². The maximum absolute atomic E-state index is 11.8. The largest absolute Gasteiger partial charge is 0.445 e. The minimum Gasteiger partial charge on any atom is -0.445 e. The van der Waals surface area contributed by atoms with Crippen molar-refractivity contribution in [3.8, 4) is 0 Å². The van der Waals surface area contributed by atoms with E-state index in [9.17, 15) is 9.59 Å². The van der Waals surface area contributed by atoms with Crippen LogP contribution < -0.4 is 10.6 Å². The first kappa shape index (κ1) is 21.2. The zero-order valence-corrected chi connectivity index (χ0v) is 16.1. The molecule has 1 aromatic rings. The van der Waals surface area contributed by atoms with Gasteiger partial charge >= 0.3 is 6.09 Å². The van der Waals surface area contributed by atoms with Crippen molar-refractivity contribution in [1.29, 1.82) is 0 Å². The number of nitrogens with one attached hydrogen (secondary N) is 2. The van der Waals surface area contributed by atoms with Gasteiger partial charge in [-0.1, -0.05) is 49.6 Å². The molecule has 0 spiro atoms. The van der Waals surface area contributed by atoms with Crippen molar-refractivity contribution in [2.24, 2.45) is 0 Å². The molecule has 0 saturated heterocycles. The highest BCUT2D eigenvalue weighted by Gasteiger charge is 2.13. The van der Waals surface area contributed by atoms with Crippen LogP contribution in [0.3, 0.4) is 0 Å². The number of rotatable bonds is 11. The molecule has 6 heteroatoms. The number of carbonyl (C=O) groups excluding carboxylic acids is 2. The number of ether oxygens (including phenoxy) is 2. The van der Waals surface area contributed by atoms with E-state index in [1.165, 1.54) is 32.1 Å². The Morgan fingerprint density at radius 1 is 0.963 bits per heavy atom. The second kappa shape index (κ2) is 13.1. The summed E-state index contributed by atoms with van der Waals surface area (Å²) in [5.74, 6) is 0.00659. The fourth-order valence-electron chi connectivity index (χ4n) is 3.08. The van der Waals surface area contributed by atoms with Gasteiger partial charge in [-0.15, -0.1) is 0 Å². The van der Waals surface area contributed by atoms with Crippen LogP contribution in [0.4, 0.5) is 4.79 Å². The number of hydrogen-bond donors (Lipinski definition) is 2. The zero-order chi connectivity index (χ0) is 19.2. The van der Waals surface area contributed by atoms with Crippen molar-refractivity contribution in [3.63, 3.8) is 0 Å². The van der Waals surface area contributed by atoms with E-state index < -0.39 is 6.09 Å². The molecule has 1 saturated carbocycles. The SMILES string of the molecule is O=C(CCCNC(=O)OCc1ccccc1)NCCCOC1CCCCC1. The minimum atomic E-state index is -0.459. The fourth-order valence-corrected chi connectivity index (χ4v) is 3.08. The summed E-state index contributed by atoms with van der Waals surface area (Å²) >= 11 is 0. The quantitative estimate of drug-likeness (QED) is 0.579. The molecule has 1 fully saturated rings. The molecule has 2 rings (SSSR count). The highest BCUT2D eigenvalue weighted by atomic mass is 16.5. The van der Waals surface area contributed by atoms with Crippen LogP contribution in [0.25, 0.3) is 0 Å². The molecule has 0 radical (unpaired) electrons. The molecule has 150 valence electrons. The lowest BCUT2D eigenvalue weighted by Gasteiger charge is -2.21. The van der Waals surface area contributed by atoms with Gasteiger partial charge in [0.15, 0.2) is 0 Å². The van der Waals surface area contributed by atoms with Crippen LogP contribution in [0.15, 0.2) is 30.3 Å². The summed E-state index contributed by atoms with van der Waals surface area (Å²) < 4.78 is 10.9. The van der Waals surface area contributed by atoms with E-state index in [0.717, 1.165) is 12.0 Å². The third-order valence-electron chi connectivity index (χ3n) is 4.61. The molecular formula is C21H32N2O4. The Morgan fingerprint density at radius 3 is 2.48 bits per heavy atom. The van der Waals surface area contributed by atoms with Crippen LogP contribution in [0, 0.1) is 0 Å². The Bertz CT molecular complexity index is 544. The van der Waals surface area contributed by atoms with E-state index in [1.807, 2.05) is 30.3 Å². The van der Waals surface area contributed by atoms with E-state index in [2.05, 4.69) is 10.6 Å². The number of hydrogen-bond acceptors (Lipinski definition) is 4. The number of carbonyl (C=O) groups is 2. The van der Waals surface area contributed by atoms with Crippen molar-refractivity contribution >= 4 is 12.0 Å². The standard InChI is InChI=1S/C21H32N2O4/c24-20(22-15-8-16-26-19-11-5-2-6-12-19)13-7-14-23-21(25)27-17-18-9-3-1-4-10-18/h1,3-4,9-10,19H,2,5-8,11-17H2,(H,22,24)(H,23,25). The van der Waals surface area contributed by atoms with Crippen molar-refractivity contribution in [2.45, 2.75) is 64.1 Å². The lowest BCUT2D eigenvalue weighted by atomic mass is 9.98. The zero-order valence-electron chi connectivity index (χ0n) is 16.1. The summed E-state index contributed by atoms with van der Waals surface area (Å²) in [4.78, 5) is 23.4. The first-order valence-corrected chi connectivity index (χ1v) is 10.1. The maximum Gasteiger partial charge on any atom is 0.407 e. The molecule has 6 nitrogen and oxygen atoms in total. The molecule has 0 heterocycles. The maximum atomic E-state index is 11.8. The summed E-state index contributed by atoms with van der Waals surface area (Å²) in [6, 6.07) is 9.52. The molecular weight excluding hydrogens is 344 g/mol. The van der Waals surface area contributed by atoms with Crippen molar-refractivity contribution in [3.05, 3.63) is 35.9 Å². The van der Waals surface area contributed by atoms with Gasteiger partial charge in [0.1, 0.15) is 6.61 Å². The van der Waals surface area contributed by atoms with Gasteiger partial charge in [-0.05, 0) is 31.2 Å². The van der Waals surface area contributed by atoms with Crippen LogP contribution in [-0.4, -0.2) is 37.8 Å². The molecule has 0 aliphatic heterocycles. The third-order valence-corrected chi connectivity index (χ3v) is 4.61. The molecule has 1 aliphatic carbocycles. The number of amides is 2. The molecule has 1 aliphatic rings. The summed E-state index contributed by atoms with van der Waals surface area (Å²) in [6.45, 7) is 2.01. The smallest absolute Gasteiger partial charge is 0.407 e. The highest BCUT2D eigenvalue weighted by molar-refractivity contribution is 5.75. The monoisotopic (exact) mass is 376 g/mol. The molecule has 0 bridgehead atoms. The second-order valence-corrected chi connectivity index (χ2v) is 6.93. The van der Waals surface area contributed by atoms with Crippen molar-refractivity contribution in [1.82, 2.24) is 10.6 Å². The molecule has 0 aromatic heterocycles. The Labute approximate surface area is 162 Å². The third kappa shape index (κ3) is 9.99. The molecule has 0 atom stereocenters. The van der Waals surface area contributed by atoms with Crippen LogP contribution in [0.1, 0.15) is 56.9 Å². The minimum absolute atomic E-state index is 0.00659. The first-order valence-electron chi connectivity index (χ1n) is 10.1. The second-order valence-electron chi connectivity index (χ2n) is 6.93. The van der Waals surface area contributed by atoms with Crippen LogP contribution in [0.5, 0.6) is 0 Å². The molecule has 2 amide bonds. The molecule has 1 aromatic carbocycles. The van der Waals surface area contributed by atoms with Gasteiger partial charge in [-0.2, -0.15) is 0 Å². The molecule has 27 heavy (non-hydrogen) atoms. The Kier molecular flexibility index (Phi) is 10.3. The van der Waals surface area contributed by atoms with Gasteiger partial charge in [0, 0.05) is 26.1 Å². The summed E-state index contributed by atoms with van der Waals surface area (Å²) in [5, 5.41) is 5.55. The lowest BCUT2D eigenvalue weighted by Crippen LogP contribution is -2.29. The van der Waals surface area contributed by atoms with E-state index in [-0.39, 0.29) is 12.5 Å². The predicted octanol–water partition coefficient (Wildman–Crippen LogP) is 3.55. The molecule has 0 unspecified atom stereocenters. The van der Waals surface area contributed by atoms with E-state index in [1.54, 1.807) is 0 Å². The van der Waals surface area contributed by atoms with Gasteiger partial charge in [0.05, 0.1) is 6.10 Å². The van der Waals surface area contributed by atoms with Gasteiger partial charge in [-0.25, -0.2) is 4.79 Å². The number of alkyl carbamates (subject to hydrolysis) is 1. The Balaban J connectivity index is 1.40. The summed E-state index contributed by atoms with van der Waals surface area (Å²) in [6.07, 6.45) is 8.00. The first-order chi connectivity index (χ1) is 13.2. The summed E-state index contributed by atoms with van der Waals surface area (Å²) in [7, 11) is 0. The number of benzene rings is 1. The van der Waals surface area contributed by atoms with Crippen LogP contribution >= 0.6 is 0 Å². The normalized spacial score (nSPS) is 14.5. The highest BCUT2D eigenvalue weighted by Crippen LogP contribution is 2.20. The topological polar surface area (TPSA) is 76.7 Å². The van der Waals surface area contributed by atoms with Gasteiger partial charge in [0.25, 0.3) is 0 Å². The van der Waals surface area contributed by atoms with Crippen LogP contribution in [-0.2, 0) is 20.9 Å². The van der Waals surface area contributed by atoms with E-state index >= 15 is 0 Å². The Hall–Kier alpha value is -2.08. The fraction of sp³-hybridized carbons (Fsp3) is 0.619. The summed E-state index contributed by atoms with van der Waals surface area (Å²) in [5.41, 5.74) is 0.944. The predicted molar refractivity (Wildman–Crippen MR) is 104 cm³/mol. The van der Waals surface area contributed by atoms with Gasteiger partial charge in [-0.3, -0.25) is 4.79 Å². The lowest BCUT2D eigenvalue weighted by molar-refractivity contribution is -0.121. The molecule has 2 N–H and O–H groups in total. The van der Waals surface area contributed by atoms with Crippen molar-refractivity contribution in [2.75, 3.05) is 19.7 Å². The van der Waals surface area contributed by atoms with Gasteiger partial charge < -0.3 is 20.1 Å². The van der Waals surface area contributed by atoms with Crippen molar-refractivity contribution < 1.29 is 19.1 Å². The van der Waals surface area contributed by atoms with Crippen LogP contribution in [0.2, 0.25) is 0 Å². The van der Waals surface area contributed by atoms with Gasteiger partial charge in [0.2, 0.25) is 5.91 Å². The average Bonchev–Trinajstić information content (AvgIpc) is 2.71. The Morgan fingerprint density at radius 2 is 1.70 bits per heavy atom. The average molecular weight is 376 g/mol.